The molecule has 10 nitrogen and oxygen atoms in total. The smallest absolute Gasteiger partial charge is 0.410 e. The molecule has 0 aromatic heterocycles. The van der Waals surface area contributed by atoms with E-state index in [9.17, 15) is 23.3 Å². The molecule has 0 bridgehead atoms. The molecule has 2 rings (SSSR count). The van der Waals surface area contributed by atoms with Crippen LogP contribution in [0.1, 0.15) is 19.3 Å². The Kier molecular flexibility index (Phi) is 7.63. The van der Waals surface area contributed by atoms with Crippen LogP contribution >= 0.6 is 0 Å². The summed E-state index contributed by atoms with van der Waals surface area (Å²) in [5.74, 6) is -0.944. The molecular formula is C17H28N4O6S. The van der Waals surface area contributed by atoms with Crippen LogP contribution in [0.4, 0.5) is 4.79 Å². The van der Waals surface area contributed by atoms with Crippen molar-refractivity contribution < 1.29 is 27.5 Å². The molecule has 11 heteroatoms. The maximum Gasteiger partial charge on any atom is 0.410 e. The average Bonchev–Trinajstić information content (AvgIpc) is 2.66. The molecule has 158 valence electrons. The van der Waals surface area contributed by atoms with Gasteiger partial charge in [-0.1, -0.05) is 0 Å². The Labute approximate surface area is 165 Å². The van der Waals surface area contributed by atoms with Crippen molar-refractivity contribution in [2.45, 2.75) is 30.9 Å². The Morgan fingerprint density at radius 1 is 1.25 bits per heavy atom. The van der Waals surface area contributed by atoms with Gasteiger partial charge in [-0.05, 0) is 19.9 Å². The number of nitrogens with one attached hydrogen (secondary N) is 1. The quantitative estimate of drug-likeness (QED) is 0.605. The van der Waals surface area contributed by atoms with Gasteiger partial charge in [-0.25, -0.2) is 13.2 Å². The fraction of sp³-hybridized carbons (Fsp3) is 0.824. The molecule has 1 N–H and O–H groups in total. The number of likely N-dealkylation sites (tertiary alicyclic amines) is 1. The molecule has 0 unspecified atom stereocenters. The first-order valence-corrected chi connectivity index (χ1v) is 11.3. The minimum Gasteiger partial charge on any atom is -0.436 e. The zero-order valence-electron chi connectivity index (χ0n) is 16.3. The fourth-order valence-electron chi connectivity index (χ4n) is 3.09. The number of hydrogen-bond acceptors (Lipinski definition) is 8. The molecule has 2 aliphatic rings. The highest BCUT2D eigenvalue weighted by Crippen LogP contribution is 2.21. The summed E-state index contributed by atoms with van der Waals surface area (Å²) in [4.78, 5) is 28.6. The summed E-state index contributed by atoms with van der Waals surface area (Å²) < 4.78 is 33.6. The lowest BCUT2D eigenvalue weighted by Gasteiger charge is -2.37. The predicted octanol–water partition coefficient (Wildman–Crippen LogP) is -0.637. The third kappa shape index (κ3) is 6.61. The zero-order valence-corrected chi connectivity index (χ0v) is 17.2. The van der Waals surface area contributed by atoms with Gasteiger partial charge >= 0.3 is 6.09 Å². The van der Waals surface area contributed by atoms with E-state index in [1.54, 1.807) is 0 Å². The Bertz CT molecular complexity index is 706. The fourth-order valence-corrected chi connectivity index (χ4v) is 3.73. The Balaban J connectivity index is 2.07. The maximum absolute atomic E-state index is 12.8. The first-order chi connectivity index (χ1) is 13.1. The van der Waals surface area contributed by atoms with E-state index in [1.807, 2.05) is 7.05 Å². The van der Waals surface area contributed by atoms with Crippen molar-refractivity contribution in [3.05, 3.63) is 0 Å². The van der Waals surface area contributed by atoms with E-state index >= 15 is 0 Å². The second kappa shape index (κ2) is 9.54. The maximum atomic E-state index is 12.8. The van der Waals surface area contributed by atoms with E-state index in [1.165, 1.54) is 4.90 Å². The predicted molar refractivity (Wildman–Crippen MR) is 100 cm³/mol. The van der Waals surface area contributed by atoms with Crippen molar-refractivity contribution in [2.24, 2.45) is 0 Å². The zero-order chi connectivity index (χ0) is 20.8. The molecule has 0 spiro atoms. The topological polar surface area (TPSA) is 129 Å². The third-order valence-electron chi connectivity index (χ3n) is 4.97. The van der Waals surface area contributed by atoms with Crippen LogP contribution in [0.5, 0.6) is 0 Å². The summed E-state index contributed by atoms with van der Waals surface area (Å²) in [5, 5.41) is 12.3. The second-order valence-electron chi connectivity index (χ2n) is 7.38. The molecule has 2 heterocycles. The molecular weight excluding hydrogens is 388 g/mol. The van der Waals surface area contributed by atoms with Crippen molar-refractivity contribution >= 4 is 21.8 Å². The standard InChI is InChI=1S/C17H28N4O6S/c1-20-6-4-17(13-18,5-7-20)19-15(22)14(3-12-28(2,24)25)27-16(23)21-8-10-26-11-9-21/h14H,3-12H2,1-2H3,(H,19,22)/t14-/m0/s1. The van der Waals surface area contributed by atoms with Gasteiger partial charge in [0.1, 0.15) is 15.4 Å². The number of nitrogens with zero attached hydrogens (tertiary/aromatic N) is 3. The van der Waals surface area contributed by atoms with Crippen molar-refractivity contribution in [1.82, 2.24) is 15.1 Å². The van der Waals surface area contributed by atoms with Gasteiger partial charge < -0.3 is 24.6 Å². The first kappa shape index (κ1) is 22.4. The van der Waals surface area contributed by atoms with E-state index in [0.717, 1.165) is 6.26 Å². The van der Waals surface area contributed by atoms with Crippen LogP contribution in [0.15, 0.2) is 0 Å². The van der Waals surface area contributed by atoms with Gasteiger partial charge in [0.15, 0.2) is 6.10 Å². The Hall–Kier alpha value is -1.90. The van der Waals surface area contributed by atoms with Crippen molar-refractivity contribution in [3.63, 3.8) is 0 Å². The number of ether oxygens (including phenoxy) is 2. The largest absolute Gasteiger partial charge is 0.436 e. The molecule has 0 aromatic rings. The number of carbonyl (C=O) groups is 2. The normalized spacial score (nSPS) is 21.4. The Morgan fingerprint density at radius 2 is 1.86 bits per heavy atom. The van der Waals surface area contributed by atoms with Gasteiger partial charge in [0.2, 0.25) is 0 Å². The highest BCUT2D eigenvalue weighted by atomic mass is 32.2. The number of carbonyl (C=O) groups excluding carboxylic acids is 2. The molecule has 2 saturated heterocycles. The van der Waals surface area contributed by atoms with Crippen LogP contribution in [0, 0.1) is 11.3 Å². The van der Waals surface area contributed by atoms with Crippen molar-refractivity contribution in [2.75, 3.05) is 58.4 Å². The number of rotatable bonds is 6. The SMILES string of the molecule is CN1CCC(C#N)(NC(=O)[C@H](CCS(C)(=O)=O)OC(=O)N2CCOCC2)CC1. The molecule has 0 aliphatic carbocycles. The summed E-state index contributed by atoms with van der Waals surface area (Å²) >= 11 is 0. The second-order valence-corrected chi connectivity index (χ2v) is 9.64. The monoisotopic (exact) mass is 416 g/mol. The summed E-state index contributed by atoms with van der Waals surface area (Å²) in [6.07, 6.45) is -0.188. The van der Waals surface area contributed by atoms with E-state index in [4.69, 9.17) is 9.47 Å². The highest BCUT2D eigenvalue weighted by molar-refractivity contribution is 7.90. The lowest BCUT2D eigenvalue weighted by molar-refractivity contribution is -0.132. The number of nitriles is 1. The summed E-state index contributed by atoms with van der Waals surface area (Å²) in [6, 6.07) is 2.17. The molecule has 0 radical (unpaired) electrons. The van der Waals surface area contributed by atoms with Gasteiger partial charge in [0.25, 0.3) is 5.91 Å². The van der Waals surface area contributed by atoms with Gasteiger partial charge in [0.05, 0.1) is 25.0 Å². The summed E-state index contributed by atoms with van der Waals surface area (Å²) in [5.41, 5.74) is -1.04. The number of morpholine rings is 1. The molecule has 0 saturated carbocycles. The number of amides is 2. The van der Waals surface area contributed by atoms with Gasteiger partial charge in [0, 0.05) is 38.9 Å². The summed E-state index contributed by atoms with van der Waals surface area (Å²) in [7, 11) is -1.42. The van der Waals surface area contributed by atoms with Crippen LogP contribution in [0.25, 0.3) is 0 Å². The first-order valence-electron chi connectivity index (χ1n) is 9.27. The van der Waals surface area contributed by atoms with Crippen LogP contribution < -0.4 is 5.32 Å². The molecule has 2 aliphatic heterocycles. The van der Waals surface area contributed by atoms with E-state index in [-0.39, 0.29) is 12.2 Å². The van der Waals surface area contributed by atoms with Crippen molar-refractivity contribution in [1.29, 1.82) is 5.26 Å². The summed E-state index contributed by atoms with van der Waals surface area (Å²) in [6.45, 7) is 2.73. The van der Waals surface area contributed by atoms with Crippen LogP contribution in [-0.4, -0.2) is 100 Å². The molecule has 2 fully saturated rings. The van der Waals surface area contributed by atoms with Gasteiger partial charge in [-0.2, -0.15) is 5.26 Å². The molecule has 28 heavy (non-hydrogen) atoms. The highest BCUT2D eigenvalue weighted by Gasteiger charge is 2.38. The molecule has 2 amide bonds. The molecule has 1 atom stereocenters. The molecule has 0 aromatic carbocycles. The van der Waals surface area contributed by atoms with E-state index in [2.05, 4.69) is 16.3 Å². The lowest BCUT2D eigenvalue weighted by atomic mass is 9.89. The van der Waals surface area contributed by atoms with Gasteiger partial charge in [-0.3, -0.25) is 4.79 Å². The van der Waals surface area contributed by atoms with Gasteiger partial charge in [-0.15, -0.1) is 0 Å². The number of sulfone groups is 1. The number of piperidine rings is 1. The van der Waals surface area contributed by atoms with Crippen molar-refractivity contribution in [3.8, 4) is 6.07 Å². The third-order valence-corrected chi connectivity index (χ3v) is 5.95. The van der Waals surface area contributed by atoms with Crippen LogP contribution in [0.3, 0.4) is 0 Å². The minimum absolute atomic E-state index is 0.165. The van der Waals surface area contributed by atoms with E-state index < -0.39 is 33.5 Å². The average molecular weight is 417 g/mol. The van der Waals surface area contributed by atoms with Crippen LogP contribution in [0.2, 0.25) is 0 Å². The van der Waals surface area contributed by atoms with Crippen LogP contribution in [-0.2, 0) is 24.1 Å². The minimum atomic E-state index is -3.35. The van der Waals surface area contributed by atoms with E-state index in [0.29, 0.717) is 52.2 Å². The Morgan fingerprint density at radius 3 is 2.39 bits per heavy atom. The number of hydrogen-bond donors (Lipinski definition) is 1. The lowest BCUT2D eigenvalue weighted by Crippen LogP contribution is -2.57.